The summed E-state index contributed by atoms with van der Waals surface area (Å²) in [5.74, 6) is -0.231. The topological polar surface area (TPSA) is 224 Å². The number of carbonyl (C=O) groups is 2. The minimum atomic E-state index is -1.62. The number of aliphatic hydroxyl groups is 3. The SMILES string of the molecule is NCCO[C@@H]1O[C@H](COC(=O)CC(=O)O)[C@@H](O)[C@H](O)[C@@H]1OOc1ccc2c(c1)[C@@H]1Oc3cc4c(cc3[C@H]1CO2)O[C@@H](CO)O4. The van der Waals surface area contributed by atoms with Crippen LogP contribution in [0.3, 0.4) is 0 Å². The first-order valence-electron chi connectivity index (χ1n) is 13.8. The Morgan fingerprint density at radius 1 is 0.977 bits per heavy atom. The highest BCUT2D eigenvalue weighted by atomic mass is 17.2. The van der Waals surface area contributed by atoms with Crippen molar-refractivity contribution in [3.05, 3.63) is 41.5 Å². The lowest BCUT2D eigenvalue weighted by atomic mass is 9.89. The van der Waals surface area contributed by atoms with Gasteiger partial charge < -0.3 is 64.2 Å². The molecule has 4 aliphatic rings. The van der Waals surface area contributed by atoms with Crippen LogP contribution in [0.15, 0.2) is 30.3 Å². The average Bonchev–Trinajstić information content (AvgIpc) is 3.59. The van der Waals surface area contributed by atoms with Crippen LogP contribution in [0.2, 0.25) is 0 Å². The van der Waals surface area contributed by atoms with E-state index in [0.717, 1.165) is 5.56 Å². The summed E-state index contributed by atoms with van der Waals surface area (Å²) in [6, 6.07) is 8.47. The molecule has 238 valence electrons. The van der Waals surface area contributed by atoms with E-state index in [1.54, 1.807) is 24.3 Å². The number of fused-ring (bicyclic) bond motifs is 6. The van der Waals surface area contributed by atoms with Crippen molar-refractivity contribution in [2.75, 3.05) is 33.0 Å². The summed E-state index contributed by atoms with van der Waals surface area (Å²) in [6.45, 7) is -0.388. The molecule has 2 aromatic rings. The number of aliphatic carboxylic acids is 1. The lowest BCUT2D eigenvalue weighted by Gasteiger charge is -2.40. The first-order chi connectivity index (χ1) is 21.2. The number of aliphatic hydroxyl groups excluding tert-OH is 3. The molecule has 6 N–H and O–H groups in total. The van der Waals surface area contributed by atoms with E-state index < -0.39 is 68.1 Å². The van der Waals surface area contributed by atoms with Crippen LogP contribution in [0.4, 0.5) is 0 Å². The molecule has 0 radical (unpaired) electrons. The van der Waals surface area contributed by atoms with E-state index >= 15 is 0 Å². The third-order valence-corrected chi connectivity index (χ3v) is 7.47. The van der Waals surface area contributed by atoms with Gasteiger partial charge in [-0.2, -0.15) is 4.89 Å². The number of benzene rings is 2. The van der Waals surface area contributed by atoms with Crippen molar-refractivity contribution in [3.8, 4) is 28.7 Å². The number of hydrogen-bond donors (Lipinski definition) is 5. The molecule has 2 aromatic carbocycles. The van der Waals surface area contributed by atoms with Crippen LogP contribution in [-0.2, 0) is 28.7 Å². The summed E-state index contributed by atoms with van der Waals surface area (Å²) in [5, 5.41) is 39.5. The molecule has 1 fully saturated rings. The summed E-state index contributed by atoms with van der Waals surface area (Å²) < 4.78 is 39.5. The van der Waals surface area contributed by atoms with E-state index in [1.165, 1.54) is 0 Å². The van der Waals surface area contributed by atoms with Gasteiger partial charge in [0.1, 0.15) is 55.5 Å². The highest BCUT2D eigenvalue weighted by Crippen LogP contribution is 2.55. The number of esters is 1. The first-order valence-corrected chi connectivity index (χ1v) is 13.8. The van der Waals surface area contributed by atoms with Crippen LogP contribution < -0.4 is 29.6 Å². The van der Waals surface area contributed by atoms with E-state index in [0.29, 0.717) is 35.2 Å². The van der Waals surface area contributed by atoms with Gasteiger partial charge in [0.25, 0.3) is 6.29 Å². The zero-order valence-electron chi connectivity index (χ0n) is 23.1. The Hall–Kier alpha value is -3.90. The van der Waals surface area contributed by atoms with Gasteiger partial charge in [-0.25, -0.2) is 0 Å². The van der Waals surface area contributed by atoms with Crippen LogP contribution in [0.5, 0.6) is 28.7 Å². The fourth-order valence-electron chi connectivity index (χ4n) is 5.39. The molecule has 4 heterocycles. The number of carbonyl (C=O) groups excluding carboxylic acids is 1. The number of hydrogen-bond acceptors (Lipinski definition) is 15. The van der Waals surface area contributed by atoms with Crippen LogP contribution >= 0.6 is 0 Å². The molecular formula is C28H31NO15. The molecule has 0 amide bonds. The Bertz CT molecular complexity index is 1390. The number of ether oxygens (including phenoxy) is 7. The molecule has 6 rings (SSSR count). The molecule has 16 heteroatoms. The number of nitrogens with two attached hydrogens (primary N) is 1. The van der Waals surface area contributed by atoms with E-state index in [1.807, 2.05) is 6.07 Å². The lowest BCUT2D eigenvalue weighted by molar-refractivity contribution is -0.372. The highest BCUT2D eigenvalue weighted by molar-refractivity contribution is 5.90. The third-order valence-electron chi connectivity index (χ3n) is 7.47. The molecule has 16 nitrogen and oxygen atoms in total. The van der Waals surface area contributed by atoms with Gasteiger partial charge in [-0.15, -0.1) is 0 Å². The molecule has 0 aliphatic carbocycles. The summed E-state index contributed by atoms with van der Waals surface area (Å²) in [4.78, 5) is 33.4. The molecule has 44 heavy (non-hydrogen) atoms. The summed E-state index contributed by atoms with van der Waals surface area (Å²) >= 11 is 0. The Labute approximate surface area is 249 Å². The van der Waals surface area contributed by atoms with Crippen molar-refractivity contribution >= 4 is 11.9 Å². The molecule has 0 unspecified atom stereocenters. The van der Waals surface area contributed by atoms with Crippen molar-refractivity contribution in [3.63, 3.8) is 0 Å². The van der Waals surface area contributed by atoms with Crippen molar-refractivity contribution < 1.29 is 72.9 Å². The Kier molecular flexibility index (Phi) is 8.64. The molecule has 8 atom stereocenters. The monoisotopic (exact) mass is 621 g/mol. The molecular weight excluding hydrogens is 590 g/mol. The average molecular weight is 622 g/mol. The van der Waals surface area contributed by atoms with Gasteiger partial charge in [-0.05, 0) is 24.3 Å². The van der Waals surface area contributed by atoms with Gasteiger partial charge >= 0.3 is 11.9 Å². The maximum absolute atomic E-state index is 11.6. The Morgan fingerprint density at radius 3 is 2.52 bits per heavy atom. The second-order valence-electron chi connectivity index (χ2n) is 10.4. The van der Waals surface area contributed by atoms with Crippen molar-refractivity contribution in [2.45, 2.75) is 55.4 Å². The fraction of sp³-hybridized carbons (Fsp3) is 0.500. The molecule has 4 aliphatic heterocycles. The summed E-state index contributed by atoms with van der Waals surface area (Å²) in [5.41, 5.74) is 7.08. The first kappa shape index (κ1) is 30.1. The van der Waals surface area contributed by atoms with Crippen LogP contribution in [-0.4, -0.2) is 102 Å². The minimum Gasteiger partial charge on any atom is -0.492 e. The minimum absolute atomic E-state index is 0.00379. The molecule has 0 saturated carbocycles. The van der Waals surface area contributed by atoms with Crippen LogP contribution in [0, 0.1) is 0 Å². The second-order valence-corrected chi connectivity index (χ2v) is 10.4. The highest BCUT2D eigenvalue weighted by Gasteiger charge is 2.48. The zero-order chi connectivity index (χ0) is 31.0. The number of carboxylic acids is 1. The Balaban J connectivity index is 1.13. The summed E-state index contributed by atoms with van der Waals surface area (Å²) in [7, 11) is 0. The van der Waals surface area contributed by atoms with Gasteiger partial charge in [0.15, 0.2) is 29.6 Å². The van der Waals surface area contributed by atoms with Crippen LogP contribution in [0.25, 0.3) is 0 Å². The van der Waals surface area contributed by atoms with Gasteiger partial charge in [0.2, 0.25) is 0 Å². The van der Waals surface area contributed by atoms with Crippen molar-refractivity contribution in [2.24, 2.45) is 5.73 Å². The zero-order valence-corrected chi connectivity index (χ0v) is 23.1. The number of rotatable bonds is 11. The van der Waals surface area contributed by atoms with E-state index in [4.69, 9.17) is 53.8 Å². The number of carboxylic acid groups (broad SMARTS) is 1. The normalized spacial score (nSPS) is 29.5. The molecule has 1 saturated heterocycles. The molecule has 0 spiro atoms. The Morgan fingerprint density at radius 2 is 1.77 bits per heavy atom. The molecule has 0 bridgehead atoms. The maximum Gasteiger partial charge on any atom is 0.317 e. The van der Waals surface area contributed by atoms with Crippen LogP contribution in [0.1, 0.15) is 29.6 Å². The second kappa shape index (κ2) is 12.6. The van der Waals surface area contributed by atoms with Gasteiger partial charge in [0.05, 0.1) is 19.1 Å². The van der Waals surface area contributed by atoms with Crippen molar-refractivity contribution in [1.29, 1.82) is 0 Å². The third kappa shape index (κ3) is 5.92. The standard InChI is InChI=1S/C28H31NO15/c29-3-4-36-28-27(25(35)24(34)20(42-28)11-38-22(33)8-21(31)32)44-43-12-1-2-16-14(5-12)26-15(10-37-16)13-6-18-19(7-17(13)41-26)40-23(9-30)39-18/h1-2,5-7,15,20,23-28,30,34-35H,3-4,8-11,29H2,(H,31,32)/t15-,20-,23-,24-,25+,26+,27+,28-/m1/s1. The van der Waals surface area contributed by atoms with Gasteiger partial charge in [0, 0.05) is 23.7 Å². The smallest absolute Gasteiger partial charge is 0.317 e. The fourth-order valence-corrected chi connectivity index (χ4v) is 5.39. The lowest BCUT2D eigenvalue weighted by Crippen LogP contribution is -2.60. The van der Waals surface area contributed by atoms with Gasteiger partial charge in [-0.1, -0.05) is 0 Å². The van der Waals surface area contributed by atoms with E-state index in [2.05, 4.69) is 0 Å². The quantitative estimate of drug-likeness (QED) is 0.0923. The van der Waals surface area contributed by atoms with Crippen molar-refractivity contribution in [1.82, 2.24) is 0 Å². The van der Waals surface area contributed by atoms with Gasteiger partial charge in [-0.3, -0.25) is 9.59 Å². The predicted molar refractivity (Wildman–Crippen MR) is 141 cm³/mol. The molecule has 0 aromatic heterocycles. The summed E-state index contributed by atoms with van der Waals surface area (Å²) in [6.07, 6.45) is -9.21. The maximum atomic E-state index is 11.6. The largest absolute Gasteiger partial charge is 0.492 e. The predicted octanol–water partition coefficient (Wildman–Crippen LogP) is -0.495. The van der Waals surface area contributed by atoms with E-state index in [9.17, 15) is 24.9 Å². The van der Waals surface area contributed by atoms with E-state index in [-0.39, 0.29) is 31.4 Å².